The minimum absolute atomic E-state index is 0.518. The molecule has 1 unspecified atom stereocenters. The van der Waals surface area contributed by atoms with Gasteiger partial charge in [0.05, 0.1) is 23.0 Å². The fourth-order valence-electron chi connectivity index (χ4n) is 1.38. The standard InChI is InChI=1S/C13H11BrClNO2/c1-8(17)12-4-3-10(7-16-12)18-13-5-2-9(14)6-11(13)15/h2-8,17H,1H3. The van der Waals surface area contributed by atoms with Gasteiger partial charge in [-0.25, -0.2) is 0 Å². The highest BCUT2D eigenvalue weighted by atomic mass is 79.9. The number of pyridine rings is 1. The summed E-state index contributed by atoms with van der Waals surface area (Å²) in [6.45, 7) is 1.66. The van der Waals surface area contributed by atoms with Crippen molar-refractivity contribution in [3.05, 3.63) is 51.7 Å². The van der Waals surface area contributed by atoms with Gasteiger partial charge in [0, 0.05) is 4.47 Å². The molecule has 1 heterocycles. The lowest BCUT2D eigenvalue weighted by Crippen LogP contribution is -1.95. The molecule has 1 N–H and O–H groups in total. The van der Waals surface area contributed by atoms with Gasteiger partial charge in [-0.1, -0.05) is 27.5 Å². The number of aliphatic hydroxyl groups is 1. The Hall–Kier alpha value is -1.10. The maximum atomic E-state index is 9.35. The van der Waals surface area contributed by atoms with E-state index in [9.17, 15) is 5.11 Å². The van der Waals surface area contributed by atoms with Crippen molar-refractivity contribution in [2.75, 3.05) is 0 Å². The predicted molar refractivity (Wildman–Crippen MR) is 74.1 cm³/mol. The summed E-state index contributed by atoms with van der Waals surface area (Å²) in [6.07, 6.45) is 0.968. The molecule has 0 amide bonds. The van der Waals surface area contributed by atoms with Crippen LogP contribution < -0.4 is 4.74 Å². The summed E-state index contributed by atoms with van der Waals surface area (Å²) in [4.78, 5) is 4.09. The Morgan fingerprint density at radius 3 is 2.67 bits per heavy atom. The molecule has 1 aromatic heterocycles. The second kappa shape index (κ2) is 5.69. The summed E-state index contributed by atoms with van der Waals surface area (Å²) in [7, 11) is 0. The summed E-state index contributed by atoms with van der Waals surface area (Å²) in [5, 5.41) is 9.87. The van der Waals surface area contributed by atoms with E-state index >= 15 is 0 Å². The highest BCUT2D eigenvalue weighted by molar-refractivity contribution is 9.10. The first-order chi connectivity index (χ1) is 8.56. The Labute approximate surface area is 119 Å². The zero-order chi connectivity index (χ0) is 13.1. The van der Waals surface area contributed by atoms with Gasteiger partial charge >= 0.3 is 0 Å². The van der Waals surface area contributed by atoms with Gasteiger partial charge < -0.3 is 9.84 Å². The number of halogens is 2. The van der Waals surface area contributed by atoms with Crippen molar-refractivity contribution in [3.8, 4) is 11.5 Å². The number of aromatic nitrogens is 1. The van der Waals surface area contributed by atoms with Crippen LogP contribution in [0.4, 0.5) is 0 Å². The van der Waals surface area contributed by atoms with Crippen LogP contribution in [0.25, 0.3) is 0 Å². The highest BCUT2D eigenvalue weighted by Crippen LogP contribution is 2.31. The van der Waals surface area contributed by atoms with Gasteiger partial charge in [-0.2, -0.15) is 0 Å². The number of hydrogen-bond donors (Lipinski definition) is 1. The first kappa shape index (κ1) is 13.3. The minimum atomic E-state index is -0.588. The average Bonchev–Trinajstić information content (AvgIpc) is 2.33. The molecule has 1 aromatic carbocycles. The third-order valence-electron chi connectivity index (χ3n) is 2.31. The van der Waals surface area contributed by atoms with E-state index in [1.807, 2.05) is 6.07 Å². The zero-order valence-corrected chi connectivity index (χ0v) is 11.9. The number of hydrogen-bond acceptors (Lipinski definition) is 3. The molecule has 2 rings (SSSR count). The molecule has 0 saturated carbocycles. The number of ether oxygens (including phenoxy) is 1. The van der Waals surface area contributed by atoms with E-state index in [1.54, 1.807) is 37.4 Å². The van der Waals surface area contributed by atoms with Crippen LogP contribution in [0.5, 0.6) is 11.5 Å². The normalized spacial score (nSPS) is 12.2. The first-order valence-corrected chi connectivity index (χ1v) is 6.50. The van der Waals surface area contributed by atoms with Crippen molar-refractivity contribution in [1.29, 1.82) is 0 Å². The largest absolute Gasteiger partial charge is 0.454 e. The molecule has 5 heteroatoms. The molecule has 1 atom stereocenters. The van der Waals surface area contributed by atoms with Crippen molar-refractivity contribution in [1.82, 2.24) is 4.98 Å². The lowest BCUT2D eigenvalue weighted by atomic mass is 10.2. The molecule has 18 heavy (non-hydrogen) atoms. The van der Waals surface area contributed by atoms with Gasteiger partial charge in [-0.3, -0.25) is 4.98 Å². The van der Waals surface area contributed by atoms with Gasteiger partial charge in [0.15, 0.2) is 0 Å². The Morgan fingerprint density at radius 2 is 2.11 bits per heavy atom. The molecular formula is C13H11BrClNO2. The monoisotopic (exact) mass is 327 g/mol. The fourth-order valence-corrected chi connectivity index (χ4v) is 2.10. The Balaban J connectivity index is 2.18. The first-order valence-electron chi connectivity index (χ1n) is 5.33. The molecule has 3 nitrogen and oxygen atoms in total. The number of nitrogens with zero attached hydrogens (tertiary/aromatic N) is 1. The van der Waals surface area contributed by atoms with Crippen LogP contribution in [0, 0.1) is 0 Å². The smallest absolute Gasteiger partial charge is 0.146 e. The third-order valence-corrected chi connectivity index (χ3v) is 3.10. The van der Waals surface area contributed by atoms with E-state index < -0.39 is 6.10 Å². The molecule has 0 aliphatic rings. The van der Waals surface area contributed by atoms with E-state index in [0.29, 0.717) is 22.2 Å². The van der Waals surface area contributed by atoms with Crippen LogP contribution in [0.2, 0.25) is 5.02 Å². The molecule has 0 radical (unpaired) electrons. The van der Waals surface area contributed by atoms with Gasteiger partial charge in [0.25, 0.3) is 0 Å². The molecule has 0 aliphatic carbocycles. The Morgan fingerprint density at radius 1 is 1.33 bits per heavy atom. The zero-order valence-electron chi connectivity index (χ0n) is 9.60. The molecule has 94 valence electrons. The maximum absolute atomic E-state index is 9.35. The van der Waals surface area contributed by atoms with E-state index in [1.165, 1.54) is 0 Å². The Kier molecular flexibility index (Phi) is 4.22. The van der Waals surface area contributed by atoms with Gasteiger partial charge in [-0.05, 0) is 37.3 Å². The van der Waals surface area contributed by atoms with Crippen molar-refractivity contribution in [2.45, 2.75) is 13.0 Å². The topological polar surface area (TPSA) is 42.4 Å². The summed E-state index contributed by atoms with van der Waals surface area (Å²) in [6, 6.07) is 8.84. The number of benzene rings is 1. The number of rotatable bonds is 3. The molecule has 0 aliphatic heterocycles. The van der Waals surface area contributed by atoms with E-state index in [4.69, 9.17) is 16.3 Å². The lowest BCUT2D eigenvalue weighted by molar-refractivity contribution is 0.194. The minimum Gasteiger partial charge on any atom is -0.454 e. The van der Waals surface area contributed by atoms with Crippen molar-refractivity contribution in [3.63, 3.8) is 0 Å². The SMILES string of the molecule is CC(O)c1ccc(Oc2ccc(Br)cc2Cl)cn1. The summed E-state index contributed by atoms with van der Waals surface area (Å²) < 4.78 is 6.49. The lowest BCUT2D eigenvalue weighted by Gasteiger charge is -2.09. The molecule has 0 fully saturated rings. The van der Waals surface area contributed by atoms with Crippen LogP contribution in [0.1, 0.15) is 18.7 Å². The second-order valence-electron chi connectivity index (χ2n) is 3.77. The molecule has 0 spiro atoms. The average molecular weight is 329 g/mol. The van der Waals surface area contributed by atoms with Crippen molar-refractivity contribution >= 4 is 27.5 Å². The summed E-state index contributed by atoms with van der Waals surface area (Å²) in [5.41, 5.74) is 0.601. The van der Waals surface area contributed by atoms with Crippen LogP contribution in [0.3, 0.4) is 0 Å². The van der Waals surface area contributed by atoms with E-state index in [2.05, 4.69) is 20.9 Å². The molecule has 2 aromatic rings. The third kappa shape index (κ3) is 3.22. The van der Waals surface area contributed by atoms with Crippen molar-refractivity contribution in [2.24, 2.45) is 0 Å². The molecule has 0 bridgehead atoms. The summed E-state index contributed by atoms with van der Waals surface area (Å²) in [5.74, 6) is 1.13. The van der Waals surface area contributed by atoms with E-state index in [-0.39, 0.29) is 0 Å². The number of aliphatic hydroxyl groups excluding tert-OH is 1. The predicted octanol–water partition coefficient (Wildman–Crippen LogP) is 4.34. The maximum Gasteiger partial charge on any atom is 0.146 e. The van der Waals surface area contributed by atoms with Crippen molar-refractivity contribution < 1.29 is 9.84 Å². The molecular weight excluding hydrogens is 318 g/mol. The second-order valence-corrected chi connectivity index (χ2v) is 5.09. The van der Waals surface area contributed by atoms with Gasteiger partial charge in [0.1, 0.15) is 11.5 Å². The Bertz CT molecular complexity index is 543. The van der Waals surface area contributed by atoms with Crippen LogP contribution in [0.15, 0.2) is 41.0 Å². The summed E-state index contributed by atoms with van der Waals surface area (Å²) >= 11 is 9.37. The highest BCUT2D eigenvalue weighted by Gasteiger charge is 2.06. The van der Waals surface area contributed by atoms with E-state index in [0.717, 1.165) is 4.47 Å². The van der Waals surface area contributed by atoms with Gasteiger partial charge in [0.2, 0.25) is 0 Å². The quantitative estimate of drug-likeness (QED) is 0.911. The van der Waals surface area contributed by atoms with Crippen LogP contribution >= 0.6 is 27.5 Å². The van der Waals surface area contributed by atoms with Gasteiger partial charge in [-0.15, -0.1) is 0 Å². The van der Waals surface area contributed by atoms with Crippen LogP contribution in [-0.2, 0) is 0 Å². The van der Waals surface area contributed by atoms with Crippen LogP contribution in [-0.4, -0.2) is 10.1 Å². The fraction of sp³-hybridized carbons (Fsp3) is 0.154. The molecule has 0 saturated heterocycles.